The van der Waals surface area contributed by atoms with Crippen molar-refractivity contribution < 1.29 is 70.3 Å². The van der Waals surface area contributed by atoms with Gasteiger partial charge in [0.05, 0.1) is 5.84 Å². The Balaban J connectivity index is -0.0000000131. The summed E-state index contributed by atoms with van der Waals surface area (Å²) in [5.74, 6) is 0.167. The Morgan fingerprint density at radius 3 is 1.78 bits per heavy atom. The molecule has 0 aromatic carbocycles. The summed E-state index contributed by atoms with van der Waals surface area (Å²) in [6.45, 7) is 1.53. The number of rotatable bonds is 0. The first-order valence-electron chi connectivity index (χ1n) is 1.73. The fourth-order valence-corrected chi connectivity index (χ4v) is 0. The van der Waals surface area contributed by atoms with Crippen molar-refractivity contribution >= 4 is 49.3 Å². The van der Waals surface area contributed by atoms with Gasteiger partial charge in [0.1, 0.15) is 0 Å². The van der Waals surface area contributed by atoms with Gasteiger partial charge < -0.3 is 7.16 Å². The van der Waals surface area contributed by atoms with Gasteiger partial charge in [-0.25, -0.2) is 0 Å². The molecule has 0 unspecified atom stereocenters. The van der Waals surface area contributed by atoms with Crippen molar-refractivity contribution in [3.8, 4) is 0 Å². The Morgan fingerprint density at radius 2 is 1.78 bits per heavy atom. The molecule has 0 bridgehead atoms. The van der Waals surface area contributed by atoms with Gasteiger partial charge in [0.25, 0.3) is 0 Å². The van der Waals surface area contributed by atoms with Crippen molar-refractivity contribution in [3.05, 3.63) is 0 Å². The van der Waals surface area contributed by atoms with Crippen LogP contribution in [0.3, 0.4) is 0 Å². The second kappa shape index (κ2) is 22.4. The van der Waals surface area contributed by atoms with E-state index < -0.39 is 0 Å². The molecule has 2 radical (unpaired) electrons. The van der Waals surface area contributed by atoms with Crippen LogP contribution in [0.1, 0.15) is 8.35 Å². The van der Waals surface area contributed by atoms with Crippen molar-refractivity contribution in [2.45, 2.75) is 6.92 Å². The zero-order valence-electron chi connectivity index (χ0n) is 7.16. The molecule has 0 heterocycles. The van der Waals surface area contributed by atoms with E-state index in [4.69, 9.17) is 11.1 Å². The molecule has 0 fully saturated rings. The van der Waals surface area contributed by atoms with Gasteiger partial charge >= 0.3 is 96.2 Å². The molecule has 6 heteroatoms. The Hall–Kier alpha value is 2.88. The molecule has 52 valence electrons. The van der Waals surface area contributed by atoms with Crippen LogP contribution in [-0.4, -0.2) is 40.2 Å². The molecule has 0 aliphatic heterocycles. The topological polar surface area (TPSA) is 61.9 Å². The predicted octanol–water partition coefficient (Wildman–Crippen LogP) is -3.34. The van der Waals surface area contributed by atoms with Crippen molar-refractivity contribution in [2.75, 3.05) is 7.05 Å². The van der Waals surface area contributed by atoms with Crippen LogP contribution >= 0.6 is 16.1 Å². The summed E-state index contributed by atoms with van der Waals surface area (Å²) < 4.78 is 2.56. The standard InChI is InChI=1S/C2H6N2.CH4BrN.Cs.Pb.3H/c1-2(3)4;1-3-2;;;;;/h1H3,(H3,3,4);3H,1H3;;;;;/q;;+1;;;;-1. The summed E-state index contributed by atoms with van der Waals surface area (Å²) in [7, 11) is 1.79. The van der Waals surface area contributed by atoms with Crippen LogP contribution in [0.4, 0.5) is 0 Å². The normalized spacial score (nSPS) is 4.78. The van der Waals surface area contributed by atoms with Gasteiger partial charge in [-0.2, -0.15) is 0 Å². The van der Waals surface area contributed by atoms with Crippen molar-refractivity contribution in [1.29, 1.82) is 5.41 Å². The molecule has 0 aromatic heterocycles. The SMILES string of the molecule is CC(=N)N.CNBr.[Cs+].[H-].[PbH2]. The average Bonchev–Trinajstić information content (AvgIpc) is 1.33. The average molecular weight is 511 g/mol. The van der Waals surface area contributed by atoms with Crippen molar-refractivity contribution in [2.24, 2.45) is 5.73 Å². The fourth-order valence-electron chi connectivity index (χ4n) is 0. The van der Waals surface area contributed by atoms with Gasteiger partial charge in [-0.3, -0.25) is 9.75 Å². The van der Waals surface area contributed by atoms with Gasteiger partial charge in [0, 0.05) is 16.1 Å². The van der Waals surface area contributed by atoms with Crippen LogP contribution in [0.2, 0.25) is 0 Å². The van der Waals surface area contributed by atoms with E-state index in [0.717, 1.165) is 0 Å². The van der Waals surface area contributed by atoms with Crippen molar-refractivity contribution in [3.63, 3.8) is 0 Å². The van der Waals surface area contributed by atoms with Crippen LogP contribution in [0.15, 0.2) is 0 Å². The van der Waals surface area contributed by atoms with Gasteiger partial charge in [0.2, 0.25) is 0 Å². The van der Waals surface area contributed by atoms with Crippen LogP contribution in [0.25, 0.3) is 0 Å². The Kier molecular flexibility index (Phi) is 56.5. The Morgan fingerprint density at radius 1 is 1.78 bits per heavy atom. The first kappa shape index (κ1) is 22.6. The van der Waals surface area contributed by atoms with E-state index in [1.54, 1.807) is 7.05 Å². The number of halogens is 1. The minimum absolute atomic E-state index is 0. The Bertz CT molecular complexity index is 55.0. The zero-order chi connectivity index (χ0) is 6.28. The van der Waals surface area contributed by atoms with Gasteiger partial charge in [-0.05, 0) is 14.0 Å². The van der Waals surface area contributed by atoms with Crippen LogP contribution in [-0.2, 0) is 0 Å². The second-order valence-electron chi connectivity index (χ2n) is 0.872. The fraction of sp³-hybridized carbons (Fsp3) is 0.667. The quantitative estimate of drug-likeness (QED) is 0.138. The zero-order valence-corrected chi connectivity index (χ0v) is 19.5. The molecule has 0 spiro atoms. The van der Waals surface area contributed by atoms with Gasteiger partial charge in [-0.15, -0.1) is 0 Å². The summed E-state index contributed by atoms with van der Waals surface area (Å²) in [6.07, 6.45) is 0. The molecule has 3 nitrogen and oxygen atoms in total. The Labute approximate surface area is 145 Å². The van der Waals surface area contributed by atoms with E-state index in [9.17, 15) is 0 Å². The van der Waals surface area contributed by atoms with E-state index in [2.05, 4.69) is 20.5 Å². The van der Waals surface area contributed by atoms with Crippen molar-refractivity contribution in [1.82, 2.24) is 4.34 Å². The third-order valence-corrected chi connectivity index (χ3v) is 0. The number of hydrogen-bond donors (Lipinski definition) is 3. The summed E-state index contributed by atoms with van der Waals surface area (Å²) in [4.78, 5) is 0. The molecule has 4 N–H and O–H groups in total. The van der Waals surface area contributed by atoms with E-state index >= 15 is 0 Å². The summed E-state index contributed by atoms with van der Waals surface area (Å²) in [5, 5.41) is 6.28. The molecule has 0 aliphatic rings. The number of nitrogens with two attached hydrogens (primary N) is 1. The van der Waals surface area contributed by atoms with Gasteiger partial charge in [0.15, 0.2) is 0 Å². The third kappa shape index (κ3) is 103. The summed E-state index contributed by atoms with van der Waals surface area (Å²) in [5.41, 5.74) is 4.69. The van der Waals surface area contributed by atoms with Crippen LogP contribution < -0.4 is 79.0 Å². The molecular weight excluding hydrogens is 498 g/mol. The third-order valence-electron chi connectivity index (χ3n) is 0. The molecule has 0 aromatic rings. The van der Waals surface area contributed by atoms with E-state index in [0.29, 0.717) is 0 Å². The second-order valence-corrected chi connectivity index (χ2v) is 1.66. The van der Waals surface area contributed by atoms with E-state index in [1.807, 2.05) is 0 Å². The monoisotopic (exact) mass is 511 g/mol. The summed E-state index contributed by atoms with van der Waals surface area (Å²) >= 11 is 2.90. The van der Waals surface area contributed by atoms with E-state index in [-0.39, 0.29) is 103 Å². The number of nitrogens with one attached hydrogen (secondary N) is 2. The molecule has 0 saturated heterocycles. The molecule has 0 aliphatic carbocycles. The molecule has 0 rings (SSSR count). The maximum atomic E-state index is 6.28. The summed E-state index contributed by atoms with van der Waals surface area (Å²) in [6, 6.07) is 0. The molecule has 9 heavy (non-hydrogen) atoms. The van der Waals surface area contributed by atoms with Crippen LogP contribution in [0, 0.1) is 5.41 Å². The molecular formula is C3H13BrCsN3Pb. The maximum absolute atomic E-state index is 6.28. The minimum atomic E-state index is 0. The first-order chi connectivity index (χ1) is 3.15. The predicted molar refractivity (Wildman–Crippen MR) is 45.2 cm³/mol. The molecule has 0 amide bonds. The number of amidine groups is 1. The van der Waals surface area contributed by atoms with E-state index in [1.165, 1.54) is 6.92 Å². The first-order valence-corrected chi connectivity index (χ1v) is 2.52. The molecule has 0 atom stereocenters. The molecule has 0 saturated carbocycles. The number of hydrogen-bond acceptors (Lipinski definition) is 2. The van der Waals surface area contributed by atoms with Crippen LogP contribution in [0.5, 0.6) is 0 Å². The van der Waals surface area contributed by atoms with Gasteiger partial charge in [-0.1, -0.05) is 0 Å².